The number of piperazine rings is 1. The lowest BCUT2D eigenvalue weighted by Gasteiger charge is -2.26. The molecule has 0 saturated carbocycles. The fourth-order valence-corrected chi connectivity index (χ4v) is 2.85. The molecule has 1 aliphatic heterocycles. The standard InChI is InChI=1S/C13H15N3OS/c17-12(8-16-5-3-14-4-6-16)10-1-2-13-11(7-10)15-9-18-13/h1-2,7,9,14H,3-6,8H2. The number of thiazole rings is 1. The number of benzene rings is 1. The topological polar surface area (TPSA) is 45.2 Å². The fraction of sp³-hybridized carbons (Fsp3) is 0.385. The second-order valence-electron chi connectivity index (χ2n) is 4.48. The van der Waals surface area contributed by atoms with E-state index in [1.165, 1.54) is 0 Å². The summed E-state index contributed by atoms with van der Waals surface area (Å²) < 4.78 is 1.13. The molecule has 0 spiro atoms. The van der Waals surface area contributed by atoms with Gasteiger partial charge in [0.1, 0.15) is 0 Å². The van der Waals surface area contributed by atoms with Crippen LogP contribution < -0.4 is 5.32 Å². The second kappa shape index (κ2) is 5.14. The van der Waals surface area contributed by atoms with Crippen molar-refractivity contribution in [2.24, 2.45) is 0 Å². The number of hydrogen-bond donors (Lipinski definition) is 1. The van der Waals surface area contributed by atoms with Gasteiger partial charge in [0, 0.05) is 31.7 Å². The van der Waals surface area contributed by atoms with E-state index < -0.39 is 0 Å². The molecule has 0 radical (unpaired) electrons. The predicted octanol–water partition coefficient (Wildman–Crippen LogP) is 1.38. The normalized spacial score (nSPS) is 17.1. The molecule has 1 fully saturated rings. The van der Waals surface area contributed by atoms with E-state index >= 15 is 0 Å². The summed E-state index contributed by atoms with van der Waals surface area (Å²) in [6, 6.07) is 5.79. The number of carbonyl (C=O) groups is 1. The van der Waals surface area contributed by atoms with Crippen LogP contribution in [0.5, 0.6) is 0 Å². The number of nitrogens with one attached hydrogen (secondary N) is 1. The monoisotopic (exact) mass is 261 g/mol. The molecule has 18 heavy (non-hydrogen) atoms. The van der Waals surface area contributed by atoms with Crippen molar-refractivity contribution in [2.45, 2.75) is 0 Å². The fourth-order valence-electron chi connectivity index (χ4n) is 2.19. The van der Waals surface area contributed by atoms with Crippen molar-refractivity contribution in [1.82, 2.24) is 15.2 Å². The summed E-state index contributed by atoms with van der Waals surface area (Å²) in [7, 11) is 0. The molecule has 0 aliphatic carbocycles. The molecule has 1 N–H and O–H groups in total. The molecule has 1 aliphatic rings. The Kier molecular flexibility index (Phi) is 3.36. The highest BCUT2D eigenvalue weighted by molar-refractivity contribution is 7.16. The van der Waals surface area contributed by atoms with Gasteiger partial charge in [-0.3, -0.25) is 9.69 Å². The molecule has 3 rings (SSSR count). The van der Waals surface area contributed by atoms with E-state index in [1.54, 1.807) is 11.3 Å². The van der Waals surface area contributed by atoms with Crippen molar-refractivity contribution in [3.8, 4) is 0 Å². The van der Waals surface area contributed by atoms with Gasteiger partial charge in [-0.2, -0.15) is 0 Å². The third kappa shape index (κ3) is 2.43. The Labute approximate surface area is 110 Å². The minimum Gasteiger partial charge on any atom is -0.314 e. The maximum absolute atomic E-state index is 12.2. The lowest BCUT2D eigenvalue weighted by Crippen LogP contribution is -2.45. The van der Waals surface area contributed by atoms with Gasteiger partial charge < -0.3 is 5.32 Å². The third-order valence-corrected chi connectivity index (χ3v) is 4.04. The van der Waals surface area contributed by atoms with Crippen molar-refractivity contribution < 1.29 is 4.79 Å². The highest BCUT2D eigenvalue weighted by Gasteiger charge is 2.15. The highest BCUT2D eigenvalue weighted by atomic mass is 32.1. The number of hydrogen-bond acceptors (Lipinski definition) is 5. The Morgan fingerprint density at radius 2 is 2.22 bits per heavy atom. The number of fused-ring (bicyclic) bond motifs is 1. The van der Waals surface area contributed by atoms with E-state index in [1.807, 2.05) is 23.7 Å². The van der Waals surface area contributed by atoms with Crippen LogP contribution in [0.3, 0.4) is 0 Å². The molecule has 0 atom stereocenters. The first-order chi connectivity index (χ1) is 8.83. The van der Waals surface area contributed by atoms with E-state index in [9.17, 15) is 4.79 Å². The van der Waals surface area contributed by atoms with Gasteiger partial charge in [-0.1, -0.05) is 0 Å². The molecular weight excluding hydrogens is 246 g/mol. The van der Waals surface area contributed by atoms with Crippen LogP contribution in [-0.2, 0) is 0 Å². The number of aromatic nitrogens is 1. The molecule has 2 aromatic rings. The number of nitrogens with zero attached hydrogens (tertiary/aromatic N) is 2. The van der Waals surface area contributed by atoms with E-state index in [0.29, 0.717) is 6.54 Å². The average molecular weight is 261 g/mol. The Balaban J connectivity index is 1.74. The predicted molar refractivity (Wildman–Crippen MR) is 73.3 cm³/mol. The number of rotatable bonds is 3. The van der Waals surface area contributed by atoms with Crippen molar-refractivity contribution in [1.29, 1.82) is 0 Å². The van der Waals surface area contributed by atoms with Crippen molar-refractivity contribution in [2.75, 3.05) is 32.7 Å². The van der Waals surface area contributed by atoms with Crippen LogP contribution in [-0.4, -0.2) is 48.4 Å². The van der Waals surface area contributed by atoms with Crippen LogP contribution in [0.25, 0.3) is 10.2 Å². The zero-order valence-electron chi connectivity index (χ0n) is 10.1. The van der Waals surface area contributed by atoms with Gasteiger partial charge in [-0.15, -0.1) is 11.3 Å². The highest BCUT2D eigenvalue weighted by Crippen LogP contribution is 2.19. The summed E-state index contributed by atoms with van der Waals surface area (Å²) in [6.45, 7) is 4.35. The maximum Gasteiger partial charge on any atom is 0.176 e. The number of Topliss-reactive ketones (excluding diaryl/α,β-unsaturated/α-hetero) is 1. The first-order valence-corrected chi connectivity index (χ1v) is 7.00. The Morgan fingerprint density at radius 3 is 3.06 bits per heavy atom. The second-order valence-corrected chi connectivity index (χ2v) is 5.37. The first kappa shape index (κ1) is 11.8. The van der Waals surface area contributed by atoms with Gasteiger partial charge in [0.05, 0.1) is 22.3 Å². The summed E-state index contributed by atoms with van der Waals surface area (Å²) in [5, 5.41) is 3.29. The summed E-state index contributed by atoms with van der Waals surface area (Å²) in [5.74, 6) is 0.187. The molecule has 2 heterocycles. The maximum atomic E-state index is 12.2. The van der Waals surface area contributed by atoms with Crippen LogP contribution in [0.1, 0.15) is 10.4 Å². The average Bonchev–Trinajstić information content (AvgIpc) is 2.87. The zero-order valence-corrected chi connectivity index (χ0v) is 10.9. The molecule has 4 nitrogen and oxygen atoms in total. The quantitative estimate of drug-likeness (QED) is 0.848. The van der Waals surface area contributed by atoms with E-state index in [0.717, 1.165) is 42.0 Å². The SMILES string of the molecule is O=C(CN1CCNCC1)c1ccc2scnc2c1. The summed E-state index contributed by atoms with van der Waals surface area (Å²) >= 11 is 1.60. The summed E-state index contributed by atoms with van der Waals surface area (Å²) in [6.07, 6.45) is 0. The molecule has 1 aromatic heterocycles. The molecule has 0 unspecified atom stereocenters. The third-order valence-electron chi connectivity index (χ3n) is 3.23. The van der Waals surface area contributed by atoms with Gasteiger partial charge in [0.15, 0.2) is 5.78 Å². The van der Waals surface area contributed by atoms with Crippen molar-refractivity contribution in [3.05, 3.63) is 29.3 Å². The van der Waals surface area contributed by atoms with Crippen LogP contribution in [0, 0.1) is 0 Å². The molecule has 0 amide bonds. The van der Waals surface area contributed by atoms with Gasteiger partial charge in [0.2, 0.25) is 0 Å². The van der Waals surface area contributed by atoms with E-state index in [-0.39, 0.29) is 5.78 Å². The van der Waals surface area contributed by atoms with Gasteiger partial charge in [-0.25, -0.2) is 4.98 Å². The molecule has 94 valence electrons. The van der Waals surface area contributed by atoms with Gasteiger partial charge in [0.25, 0.3) is 0 Å². The van der Waals surface area contributed by atoms with E-state index in [2.05, 4.69) is 15.2 Å². The molecule has 1 aromatic carbocycles. The Morgan fingerprint density at radius 1 is 1.39 bits per heavy atom. The van der Waals surface area contributed by atoms with Crippen LogP contribution in [0.4, 0.5) is 0 Å². The van der Waals surface area contributed by atoms with Crippen LogP contribution in [0.2, 0.25) is 0 Å². The lowest BCUT2D eigenvalue weighted by molar-refractivity contribution is 0.0921. The van der Waals surface area contributed by atoms with Gasteiger partial charge >= 0.3 is 0 Å². The van der Waals surface area contributed by atoms with Crippen LogP contribution >= 0.6 is 11.3 Å². The van der Waals surface area contributed by atoms with E-state index in [4.69, 9.17) is 0 Å². The largest absolute Gasteiger partial charge is 0.314 e. The molecule has 5 heteroatoms. The number of ketones is 1. The first-order valence-electron chi connectivity index (χ1n) is 6.12. The summed E-state index contributed by atoms with van der Waals surface area (Å²) in [5.41, 5.74) is 3.51. The lowest BCUT2D eigenvalue weighted by atomic mass is 10.1. The van der Waals surface area contributed by atoms with Crippen LogP contribution in [0.15, 0.2) is 23.7 Å². The van der Waals surface area contributed by atoms with Gasteiger partial charge in [-0.05, 0) is 18.2 Å². The minimum absolute atomic E-state index is 0.187. The molecular formula is C13H15N3OS. The smallest absolute Gasteiger partial charge is 0.176 e. The zero-order chi connectivity index (χ0) is 12.4. The Hall–Kier alpha value is -1.30. The van der Waals surface area contributed by atoms with Crippen molar-refractivity contribution in [3.63, 3.8) is 0 Å². The van der Waals surface area contributed by atoms with Crippen molar-refractivity contribution >= 4 is 27.3 Å². The minimum atomic E-state index is 0.187. The molecule has 1 saturated heterocycles. The molecule has 0 bridgehead atoms. The Bertz CT molecular complexity index is 560. The number of carbonyl (C=O) groups excluding carboxylic acids is 1. The summed E-state index contributed by atoms with van der Waals surface area (Å²) in [4.78, 5) is 18.6.